The van der Waals surface area contributed by atoms with Crippen LogP contribution in [0.1, 0.15) is 37.3 Å². The van der Waals surface area contributed by atoms with Gasteiger partial charge in [-0.3, -0.25) is 15.2 Å². The number of anilines is 1. The average Bonchev–Trinajstić information content (AvgIpc) is 3.15. The van der Waals surface area contributed by atoms with E-state index in [0.29, 0.717) is 22.2 Å². The predicted octanol–water partition coefficient (Wildman–Crippen LogP) is 4.82. The Bertz CT molecular complexity index is 881. The van der Waals surface area contributed by atoms with Crippen LogP contribution in [-0.4, -0.2) is 29.7 Å². The fourth-order valence-electron chi connectivity index (χ4n) is 3.69. The van der Waals surface area contributed by atoms with Gasteiger partial charge in [-0.25, -0.2) is 5.01 Å². The van der Waals surface area contributed by atoms with Gasteiger partial charge in [-0.1, -0.05) is 60.0 Å². The Morgan fingerprint density at radius 3 is 2.50 bits per heavy atom. The lowest BCUT2D eigenvalue weighted by atomic mass is 10.0. The molecule has 146 valence electrons. The number of nitrogens with zero attached hydrogens (tertiary/aromatic N) is 3. The molecule has 2 aliphatic rings. The molecule has 7 heteroatoms. The van der Waals surface area contributed by atoms with Crippen LogP contribution in [0, 0.1) is 0 Å². The number of carbonyl (C=O) groups is 1. The number of amides is 1. The monoisotopic (exact) mass is 416 g/mol. The zero-order chi connectivity index (χ0) is 19.5. The summed E-state index contributed by atoms with van der Waals surface area (Å²) in [6.45, 7) is 1.77. The van der Waals surface area contributed by atoms with Crippen LogP contribution in [-0.2, 0) is 4.79 Å². The first-order valence-corrected chi connectivity index (χ1v) is 10.3. The number of benzene rings is 2. The molecule has 5 nitrogen and oxygen atoms in total. The van der Waals surface area contributed by atoms with Gasteiger partial charge in [0.15, 0.2) is 0 Å². The molecule has 28 heavy (non-hydrogen) atoms. The van der Waals surface area contributed by atoms with Crippen LogP contribution < -0.4 is 10.4 Å². The molecule has 2 aromatic rings. The molecule has 2 aromatic carbocycles. The molecular weight excluding hydrogens is 395 g/mol. The Balaban J connectivity index is 1.62. The lowest BCUT2D eigenvalue weighted by Crippen LogP contribution is -2.47. The van der Waals surface area contributed by atoms with Crippen molar-refractivity contribution in [2.24, 2.45) is 5.10 Å². The van der Waals surface area contributed by atoms with E-state index in [1.165, 1.54) is 6.42 Å². The summed E-state index contributed by atoms with van der Waals surface area (Å²) in [5.41, 5.74) is 5.33. The van der Waals surface area contributed by atoms with E-state index in [1.807, 2.05) is 46.4 Å². The molecule has 0 radical (unpaired) electrons. The molecule has 0 aliphatic carbocycles. The van der Waals surface area contributed by atoms with Crippen molar-refractivity contribution in [2.45, 2.75) is 31.7 Å². The van der Waals surface area contributed by atoms with Crippen LogP contribution in [0.25, 0.3) is 0 Å². The molecule has 1 amide bonds. The van der Waals surface area contributed by atoms with E-state index in [2.05, 4.69) is 10.5 Å². The van der Waals surface area contributed by atoms with Crippen molar-refractivity contribution in [2.75, 3.05) is 18.1 Å². The molecule has 2 aliphatic heterocycles. The molecule has 1 N–H and O–H groups in total. The fraction of sp³-hybridized carbons (Fsp3) is 0.333. The second-order valence-corrected chi connectivity index (χ2v) is 7.95. The minimum Gasteiger partial charge on any atom is -0.284 e. The van der Waals surface area contributed by atoms with Gasteiger partial charge in [0, 0.05) is 24.5 Å². The lowest BCUT2D eigenvalue weighted by molar-refractivity contribution is -0.119. The molecule has 4 rings (SSSR count). The maximum Gasteiger partial charge on any atom is 0.281 e. The Morgan fingerprint density at radius 1 is 1.04 bits per heavy atom. The van der Waals surface area contributed by atoms with Crippen molar-refractivity contribution in [1.82, 2.24) is 10.4 Å². The first kappa shape index (κ1) is 19.2. The standard InChI is InChI=1S/C21H22Cl2N4O/c22-16-9-10-19(17(23)13-16)27-20(15-7-3-1-4-8-15)14-18(24-27)21(28)25-26-11-5-2-6-12-26/h1,3-4,7-10,13,20H,2,5-6,11-12,14H2,(H,25,28). The number of hydrazone groups is 1. The first-order valence-electron chi connectivity index (χ1n) is 9.54. The van der Waals surface area contributed by atoms with Gasteiger partial charge in [-0.2, -0.15) is 5.10 Å². The number of carbonyl (C=O) groups excluding carboxylic acids is 1. The molecule has 0 spiro atoms. The summed E-state index contributed by atoms with van der Waals surface area (Å²) in [5.74, 6) is -0.143. The molecule has 0 saturated carbocycles. The van der Waals surface area contributed by atoms with Gasteiger partial charge in [0.25, 0.3) is 5.91 Å². The van der Waals surface area contributed by atoms with Crippen molar-refractivity contribution >= 4 is 40.5 Å². The minimum atomic E-state index is -0.143. The van der Waals surface area contributed by atoms with Gasteiger partial charge in [0.2, 0.25) is 0 Å². The van der Waals surface area contributed by atoms with Crippen LogP contribution in [0.3, 0.4) is 0 Å². The van der Waals surface area contributed by atoms with Gasteiger partial charge in [0.05, 0.1) is 16.8 Å². The average molecular weight is 417 g/mol. The molecule has 1 saturated heterocycles. The van der Waals surface area contributed by atoms with Crippen molar-refractivity contribution in [1.29, 1.82) is 0 Å². The molecule has 1 atom stereocenters. The third kappa shape index (κ3) is 4.17. The topological polar surface area (TPSA) is 47.9 Å². The first-order chi connectivity index (χ1) is 13.6. The number of hydrogen-bond donors (Lipinski definition) is 1. The molecule has 1 fully saturated rings. The summed E-state index contributed by atoms with van der Waals surface area (Å²) < 4.78 is 0. The summed E-state index contributed by atoms with van der Waals surface area (Å²) in [6, 6.07) is 15.3. The second kappa shape index (κ2) is 8.52. The minimum absolute atomic E-state index is 0.0954. The Labute approximate surface area is 174 Å². The number of nitrogens with one attached hydrogen (secondary N) is 1. The SMILES string of the molecule is O=C(NN1CCCCC1)C1=NN(c2ccc(Cl)cc2Cl)C(c2ccccc2)C1. The zero-order valence-corrected chi connectivity index (χ0v) is 17.0. The highest BCUT2D eigenvalue weighted by Crippen LogP contribution is 2.39. The molecule has 1 unspecified atom stereocenters. The number of rotatable bonds is 4. The van der Waals surface area contributed by atoms with Crippen LogP contribution in [0.15, 0.2) is 53.6 Å². The summed E-state index contributed by atoms with van der Waals surface area (Å²) in [5, 5.41) is 9.55. The van der Waals surface area contributed by atoms with E-state index in [-0.39, 0.29) is 11.9 Å². The summed E-state index contributed by atoms with van der Waals surface area (Å²) >= 11 is 12.5. The normalized spacial score (nSPS) is 20.1. The van der Waals surface area contributed by atoms with Gasteiger partial charge in [-0.15, -0.1) is 0 Å². The largest absolute Gasteiger partial charge is 0.284 e. The number of halogens is 2. The third-order valence-corrected chi connectivity index (χ3v) is 5.67. The summed E-state index contributed by atoms with van der Waals surface area (Å²) in [7, 11) is 0. The van der Waals surface area contributed by atoms with Crippen LogP contribution in [0.5, 0.6) is 0 Å². The van der Waals surface area contributed by atoms with Gasteiger partial charge >= 0.3 is 0 Å². The van der Waals surface area contributed by atoms with Gasteiger partial charge < -0.3 is 0 Å². The molecule has 0 bridgehead atoms. The number of piperidine rings is 1. The zero-order valence-electron chi connectivity index (χ0n) is 15.4. The highest BCUT2D eigenvalue weighted by molar-refractivity contribution is 6.40. The van der Waals surface area contributed by atoms with Crippen LogP contribution in [0.2, 0.25) is 10.0 Å². The van der Waals surface area contributed by atoms with E-state index in [9.17, 15) is 4.79 Å². The number of hydrazine groups is 1. The summed E-state index contributed by atoms with van der Waals surface area (Å²) in [6.07, 6.45) is 3.94. The molecule has 0 aromatic heterocycles. The quantitative estimate of drug-likeness (QED) is 0.776. The van der Waals surface area contributed by atoms with Crippen molar-refractivity contribution in [3.8, 4) is 0 Å². The van der Waals surface area contributed by atoms with Crippen LogP contribution in [0.4, 0.5) is 5.69 Å². The number of hydrogen-bond acceptors (Lipinski definition) is 4. The highest BCUT2D eigenvalue weighted by atomic mass is 35.5. The predicted molar refractivity (Wildman–Crippen MR) is 114 cm³/mol. The van der Waals surface area contributed by atoms with E-state index < -0.39 is 0 Å². The van der Waals surface area contributed by atoms with Gasteiger partial charge in [0.1, 0.15) is 5.71 Å². The van der Waals surface area contributed by atoms with Gasteiger partial charge in [-0.05, 0) is 36.6 Å². The Morgan fingerprint density at radius 2 is 1.79 bits per heavy atom. The Kier molecular flexibility index (Phi) is 5.85. The van der Waals surface area contributed by atoms with E-state index >= 15 is 0 Å². The summed E-state index contributed by atoms with van der Waals surface area (Å²) in [4.78, 5) is 12.8. The highest BCUT2D eigenvalue weighted by Gasteiger charge is 2.34. The molecular formula is C21H22Cl2N4O. The smallest absolute Gasteiger partial charge is 0.281 e. The van der Waals surface area contributed by atoms with Crippen molar-refractivity contribution in [3.63, 3.8) is 0 Å². The maximum absolute atomic E-state index is 12.8. The maximum atomic E-state index is 12.8. The lowest BCUT2D eigenvalue weighted by Gasteiger charge is -2.26. The third-order valence-electron chi connectivity index (χ3n) is 5.13. The molecule has 2 heterocycles. The van der Waals surface area contributed by atoms with E-state index in [1.54, 1.807) is 12.1 Å². The van der Waals surface area contributed by atoms with Crippen molar-refractivity contribution in [3.05, 3.63) is 64.1 Å². The second-order valence-electron chi connectivity index (χ2n) is 7.11. The van der Waals surface area contributed by atoms with E-state index in [0.717, 1.165) is 37.2 Å². The van der Waals surface area contributed by atoms with E-state index in [4.69, 9.17) is 23.2 Å². The van der Waals surface area contributed by atoms with Crippen LogP contribution >= 0.6 is 23.2 Å². The van der Waals surface area contributed by atoms with Crippen molar-refractivity contribution < 1.29 is 4.79 Å². The fourth-order valence-corrected chi connectivity index (χ4v) is 4.18. The Hall–Kier alpha value is -2.08.